The van der Waals surface area contributed by atoms with Crippen molar-refractivity contribution in [1.82, 2.24) is 14.8 Å². The second-order valence-corrected chi connectivity index (χ2v) is 8.91. The SMILES string of the molecule is CCC1CN(C2CCN(C(=O)c3csc(-c4ccc5c(c4)CCO5)n3)CC2)C(=O)O1. The Morgan fingerprint density at radius 3 is 2.90 bits per heavy atom. The summed E-state index contributed by atoms with van der Waals surface area (Å²) in [5.74, 6) is 0.914. The van der Waals surface area contributed by atoms with Crippen LogP contribution in [-0.4, -0.2) is 65.2 Å². The molecule has 3 aliphatic rings. The molecular weight excluding hydrogens is 402 g/mol. The second-order valence-electron chi connectivity index (χ2n) is 8.05. The highest BCUT2D eigenvalue weighted by molar-refractivity contribution is 7.13. The van der Waals surface area contributed by atoms with E-state index in [-0.39, 0.29) is 24.1 Å². The number of likely N-dealkylation sites (tertiary alicyclic amines) is 1. The van der Waals surface area contributed by atoms with Crippen LogP contribution in [0.4, 0.5) is 4.79 Å². The zero-order chi connectivity index (χ0) is 20.7. The summed E-state index contributed by atoms with van der Waals surface area (Å²) in [5, 5.41) is 2.70. The van der Waals surface area contributed by atoms with E-state index in [9.17, 15) is 9.59 Å². The molecule has 1 atom stereocenters. The van der Waals surface area contributed by atoms with E-state index in [4.69, 9.17) is 9.47 Å². The molecule has 2 aromatic rings. The van der Waals surface area contributed by atoms with E-state index in [1.165, 1.54) is 16.9 Å². The van der Waals surface area contributed by atoms with Crippen molar-refractivity contribution in [3.8, 4) is 16.3 Å². The van der Waals surface area contributed by atoms with Gasteiger partial charge in [0, 0.05) is 36.5 Å². The molecule has 3 aliphatic heterocycles. The number of ether oxygens (including phenoxy) is 2. The molecule has 8 heteroatoms. The molecule has 0 aliphatic carbocycles. The number of piperidine rings is 1. The highest BCUT2D eigenvalue weighted by Crippen LogP contribution is 2.32. The maximum absolute atomic E-state index is 13.0. The number of fused-ring (bicyclic) bond motifs is 1. The van der Waals surface area contributed by atoms with Crippen LogP contribution in [0.2, 0.25) is 0 Å². The van der Waals surface area contributed by atoms with Gasteiger partial charge in [0.1, 0.15) is 22.6 Å². The molecule has 0 N–H and O–H groups in total. The van der Waals surface area contributed by atoms with E-state index in [2.05, 4.69) is 11.1 Å². The average Bonchev–Trinajstić information content (AvgIpc) is 3.52. The number of hydrogen-bond acceptors (Lipinski definition) is 6. The molecule has 2 amide bonds. The number of carbonyl (C=O) groups excluding carboxylic acids is 2. The first-order valence-corrected chi connectivity index (χ1v) is 11.5. The molecule has 1 aromatic heterocycles. The second kappa shape index (κ2) is 7.91. The van der Waals surface area contributed by atoms with E-state index in [0.717, 1.165) is 48.6 Å². The number of nitrogens with zero attached hydrogens (tertiary/aromatic N) is 3. The van der Waals surface area contributed by atoms with Gasteiger partial charge in [0.15, 0.2) is 0 Å². The van der Waals surface area contributed by atoms with Crippen LogP contribution < -0.4 is 4.74 Å². The van der Waals surface area contributed by atoms with Gasteiger partial charge >= 0.3 is 6.09 Å². The first-order chi connectivity index (χ1) is 14.6. The van der Waals surface area contributed by atoms with Gasteiger partial charge in [-0.15, -0.1) is 11.3 Å². The zero-order valence-electron chi connectivity index (χ0n) is 17.0. The van der Waals surface area contributed by atoms with Gasteiger partial charge in [0.25, 0.3) is 5.91 Å². The highest BCUT2D eigenvalue weighted by atomic mass is 32.1. The van der Waals surface area contributed by atoms with Gasteiger partial charge in [0.05, 0.1) is 13.2 Å². The van der Waals surface area contributed by atoms with Gasteiger partial charge in [-0.05, 0) is 43.0 Å². The number of carbonyl (C=O) groups is 2. The first-order valence-electron chi connectivity index (χ1n) is 10.6. The van der Waals surface area contributed by atoms with Crippen molar-refractivity contribution >= 4 is 23.3 Å². The zero-order valence-corrected chi connectivity index (χ0v) is 17.8. The molecule has 0 bridgehead atoms. The fourth-order valence-electron chi connectivity index (χ4n) is 4.42. The summed E-state index contributed by atoms with van der Waals surface area (Å²) in [6.07, 6.45) is 3.09. The van der Waals surface area contributed by atoms with E-state index in [0.29, 0.717) is 25.3 Å². The number of hydrogen-bond donors (Lipinski definition) is 0. The van der Waals surface area contributed by atoms with Crippen LogP contribution in [-0.2, 0) is 11.2 Å². The third-order valence-corrected chi connectivity index (χ3v) is 7.10. The Morgan fingerprint density at radius 2 is 2.13 bits per heavy atom. The normalized spacial score (nSPS) is 21.5. The van der Waals surface area contributed by atoms with Crippen molar-refractivity contribution < 1.29 is 19.1 Å². The molecule has 7 nitrogen and oxygen atoms in total. The van der Waals surface area contributed by atoms with Crippen molar-refractivity contribution in [2.45, 2.75) is 44.8 Å². The number of cyclic esters (lactones) is 1. The van der Waals surface area contributed by atoms with Crippen LogP contribution in [0, 0.1) is 0 Å². The fourth-order valence-corrected chi connectivity index (χ4v) is 5.21. The Balaban J connectivity index is 1.22. The largest absolute Gasteiger partial charge is 0.493 e. The molecule has 2 saturated heterocycles. The molecule has 0 radical (unpaired) electrons. The molecule has 2 fully saturated rings. The number of aromatic nitrogens is 1. The predicted molar refractivity (Wildman–Crippen MR) is 113 cm³/mol. The fraction of sp³-hybridized carbons (Fsp3) is 0.500. The van der Waals surface area contributed by atoms with Crippen molar-refractivity contribution in [3.63, 3.8) is 0 Å². The smallest absolute Gasteiger partial charge is 0.410 e. The summed E-state index contributed by atoms with van der Waals surface area (Å²) in [4.78, 5) is 33.4. The Bertz CT molecular complexity index is 967. The molecule has 4 heterocycles. The third-order valence-electron chi connectivity index (χ3n) is 6.21. The summed E-state index contributed by atoms with van der Waals surface area (Å²) in [7, 11) is 0. The molecule has 30 heavy (non-hydrogen) atoms. The summed E-state index contributed by atoms with van der Waals surface area (Å²) >= 11 is 1.50. The van der Waals surface area contributed by atoms with Crippen LogP contribution >= 0.6 is 11.3 Å². The van der Waals surface area contributed by atoms with Gasteiger partial charge in [0.2, 0.25) is 0 Å². The van der Waals surface area contributed by atoms with Crippen molar-refractivity contribution in [2.75, 3.05) is 26.2 Å². The van der Waals surface area contributed by atoms with Gasteiger partial charge in [-0.2, -0.15) is 0 Å². The molecule has 0 saturated carbocycles. The maximum Gasteiger partial charge on any atom is 0.410 e. The van der Waals surface area contributed by atoms with Crippen LogP contribution in [0.15, 0.2) is 23.6 Å². The molecule has 1 unspecified atom stereocenters. The minimum Gasteiger partial charge on any atom is -0.493 e. The Hall–Kier alpha value is -2.61. The molecule has 158 valence electrons. The Labute approximate surface area is 179 Å². The lowest BCUT2D eigenvalue weighted by Crippen LogP contribution is -2.47. The van der Waals surface area contributed by atoms with Crippen LogP contribution in [0.25, 0.3) is 10.6 Å². The summed E-state index contributed by atoms with van der Waals surface area (Å²) in [5.41, 5.74) is 2.72. The van der Waals surface area contributed by atoms with Crippen LogP contribution in [0.1, 0.15) is 42.2 Å². The monoisotopic (exact) mass is 427 g/mol. The lowest BCUT2D eigenvalue weighted by Gasteiger charge is -2.35. The third kappa shape index (κ3) is 3.53. The number of rotatable bonds is 4. The van der Waals surface area contributed by atoms with Gasteiger partial charge in [-0.1, -0.05) is 6.92 Å². The molecule has 0 spiro atoms. The number of amides is 2. The van der Waals surface area contributed by atoms with E-state index in [1.807, 2.05) is 34.2 Å². The summed E-state index contributed by atoms with van der Waals surface area (Å²) < 4.78 is 10.9. The van der Waals surface area contributed by atoms with E-state index >= 15 is 0 Å². The van der Waals surface area contributed by atoms with E-state index in [1.54, 1.807) is 0 Å². The maximum atomic E-state index is 13.0. The lowest BCUT2D eigenvalue weighted by atomic mass is 10.0. The lowest BCUT2D eigenvalue weighted by molar-refractivity contribution is 0.0653. The van der Waals surface area contributed by atoms with Crippen molar-refractivity contribution in [3.05, 3.63) is 34.8 Å². The van der Waals surface area contributed by atoms with Gasteiger partial charge in [-0.3, -0.25) is 4.79 Å². The number of thiazole rings is 1. The number of benzene rings is 1. The Morgan fingerprint density at radius 1 is 1.30 bits per heavy atom. The van der Waals surface area contributed by atoms with Crippen molar-refractivity contribution in [1.29, 1.82) is 0 Å². The minimum absolute atomic E-state index is 0.00336. The van der Waals surface area contributed by atoms with Crippen LogP contribution in [0.5, 0.6) is 5.75 Å². The quantitative estimate of drug-likeness (QED) is 0.746. The molecular formula is C22H25N3O4S. The first kappa shape index (κ1) is 19.4. The summed E-state index contributed by atoms with van der Waals surface area (Å²) in [6.45, 7) is 4.68. The van der Waals surface area contributed by atoms with Crippen LogP contribution in [0.3, 0.4) is 0 Å². The summed E-state index contributed by atoms with van der Waals surface area (Å²) in [6, 6.07) is 6.25. The average molecular weight is 428 g/mol. The molecule has 1 aromatic carbocycles. The Kier molecular flexibility index (Phi) is 5.10. The predicted octanol–water partition coefficient (Wildman–Crippen LogP) is 3.58. The highest BCUT2D eigenvalue weighted by Gasteiger charge is 2.37. The molecule has 5 rings (SSSR count). The van der Waals surface area contributed by atoms with Gasteiger partial charge < -0.3 is 19.3 Å². The van der Waals surface area contributed by atoms with Gasteiger partial charge in [-0.25, -0.2) is 9.78 Å². The topological polar surface area (TPSA) is 72.0 Å². The standard InChI is InChI=1S/C22H25N3O4S/c1-2-17-12-25(22(27)29-17)16-5-8-24(9-6-16)21(26)18-13-30-20(23-18)15-3-4-19-14(11-15)7-10-28-19/h3-4,11,13,16-17H,2,5-10,12H2,1H3. The van der Waals surface area contributed by atoms with E-state index < -0.39 is 0 Å². The van der Waals surface area contributed by atoms with Crippen molar-refractivity contribution in [2.24, 2.45) is 0 Å². The minimum atomic E-state index is -0.212.